The lowest BCUT2D eigenvalue weighted by molar-refractivity contribution is 0.0914. The number of carbonyl (C=O) groups is 1. The highest BCUT2D eigenvalue weighted by Gasteiger charge is 2.24. The molecule has 0 aromatic carbocycles. The third-order valence-corrected chi connectivity index (χ3v) is 5.94. The van der Waals surface area contributed by atoms with Gasteiger partial charge in [0.15, 0.2) is 5.96 Å². The molecule has 152 valence electrons. The molecule has 7 nitrogen and oxygen atoms in total. The SMILES string of the molecule is CCOC(=O)N1CCN(C(=NC)NCCN2CCc3sccc3C2)CC1.I. The van der Waals surface area contributed by atoms with Crippen molar-refractivity contribution in [2.45, 2.75) is 19.9 Å². The number of carbonyl (C=O) groups excluding carboxylic acids is 1. The summed E-state index contributed by atoms with van der Waals surface area (Å²) in [5.74, 6) is 0.918. The van der Waals surface area contributed by atoms with Gasteiger partial charge in [-0.2, -0.15) is 0 Å². The number of nitrogens with zero attached hydrogens (tertiary/aromatic N) is 4. The minimum atomic E-state index is -0.215. The number of hydrogen-bond acceptors (Lipinski definition) is 5. The lowest BCUT2D eigenvalue weighted by Gasteiger charge is -2.36. The van der Waals surface area contributed by atoms with Gasteiger partial charge in [-0.25, -0.2) is 4.79 Å². The van der Waals surface area contributed by atoms with E-state index in [-0.39, 0.29) is 30.1 Å². The molecule has 0 atom stereocenters. The van der Waals surface area contributed by atoms with Crippen LogP contribution in [0.2, 0.25) is 0 Å². The minimum Gasteiger partial charge on any atom is -0.450 e. The highest BCUT2D eigenvalue weighted by Crippen LogP contribution is 2.23. The number of hydrogen-bond donors (Lipinski definition) is 1. The molecule has 1 aromatic heterocycles. The maximum atomic E-state index is 11.8. The molecule has 0 bridgehead atoms. The molecule has 0 aliphatic carbocycles. The Morgan fingerprint density at radius 3 is 2.70 bits per heavy atom. The van der Waals surface area contributed by atoms with Gasteiger partial charge >= 0.3 is 6.09 Å². The van der Waals surface area contributed by atoms with Gasteiger partial charge in [0.05, 0.1) is 6.61 Å². The van der Waals surface area contributed by atoms with Crippen LogP contribution in [0.15, 0.2) is 16.4 Å². The van der Waals surface area contributed by atoms with Crippen molar-refractivity contribution in [2.24, 2.45) is 4.99 Å². The van der Waals surface area contributed by atoms with E-state index >= 15 is 0 Å². The van der Waals surface area contributed by atoms with Gasteiger partial charge in [0.2, 0.25) is 0 Å². The molecule has 1 amide bonds. The summed E-state index contributed by atoms with van der Waals surface area (Å²) < 4.78 is 5.07. The highest BCUT2D eigenvalue weighted by molar-refractivity contribution is 14.0. The Hall–Kier alpha value is -1.07. The number of amides is 1. The van der Waals surface area contributed by atoms with Crippen molar-refractivity contribution in [3.8, 4) is 0 Å². The number of ether oxygens (including phenoxy) is 1. The van der Waals surface area contributed by atoms with E-state index in [1.807, 2.05) is 25.3 Å². The zero-order chi connectivity index (χ0) is 18.4. The van der Waals surface area contributed by atoms with Gasteiger partial charge in [0, 0.05) is 64.3 Å². The molecule has 3 rings (SSSR count). The molecule has 1 fully saturated rings. The van der Waals surface area contributed by atoms with Gasteiger partial charge < -0.3 is 19.9 Å². The zero-order valence-corrected chi connectivity index (χ0v) is 19.3. The third-order valence-electron chi connectivity index (χ3n) is 4.91. The van der Waals surface area contributed by atoms with Gasteiger partial charge in [0.1, 0.15) is 0 Å². The van der Waals surface area contributed by atoms with Crippen molar-refractivity contribution >= 4 is 47.4 Å². The predicted molar refractivity (Wildman–Crippen MR) is 120 cm³/mol. The van der Waals surface area contributed by atoms with E-state index in [1.165, 1.54) is 5.56 Å². The Kier molecular flexibility index (Phi) is 9.10. The Balaban J connectivity index is 0.00000261. The molecule has 2 aliphatic rings. The van der Waals surface area contributed by atoms with E-state index in [0.29, 0.717) is 19.7 Å². The summed E-state index contributed by atoms with van der Waals surface area (Å²) in [5, 5.41) is 5.67. The van der Waals surface area contributed by atoms with Gasteiger partial charge in [-0.05, 0) is 30.4 Å². The Morgan fingerprint density at radius 2 is 2.00 bits per heavy atom. The molecule has 0 unspecified atom stereocenters. The average molecular weight is 507 g/mol. The van der Waals surface area contributed by atoms with Crippen LogP contribution >= 0.6 is 35.3 Å². The van der Waals surface area contributed by atoms with Crippen LogP contribution in [0, 0.1) is 0 Å². The van der Waals surface area contributed by atoms with Crippen LogP contribution in [-0.4, -0.2) is 86.2 Å². The van der Waals surface area contributed by atoms with E-state index < -0.39 is 0 Å². The van der Waals surface area contributed by atoms with Crippen LogP contribution in [0.3, 0.4) is 0 Å². The fourth-order valence-electron chi connectivity index (χ4n) is 3.47. The molecule has 9 heteroatoms. The van der Waals surface area contributed by atoms with E-state index in [4.69, 9.17) is 4.74 Å². The van der Waals surface area contributed by atoms with Gasteiger partial charge in [-0.3, -0.25) is 9.89 Å². The van der Waals surface area contributed by atoms with Crippen molar-refractivity contribution < 1.29 is 9.53 Å². The summed E-state index contributed by atoms with van der Waals surface area (Å²) in [6.07, 6.45) is 0.949. The minimum absolute atomic E-state index is 0. The topological polar surface area (TPSA) is 60.4 Å². The molecule has 1 aromatic rings. The average Bonchev–Trinajstić information content (AvgIpc) is 3.13. The van der Waals surface area contributed by atoms with Crippen LogP contribution in [0.25, 0.3) is 0 Å². The smallest absolute Gasteiger partial charge is 0.409 e. The number of aliphatic imine (C=N–C) groups is 1. The number of halogens is 1. The molecule has 0 saturated carbocycles. The number of nitrogens with one attached hydrogen (secondary N) is 1. The number of rotatable bonds is 4. The maximum absolute atomic E-state index is 11.8. The molecule has 1 N–H and O–H groups in total. The molecular formula is C18H30IN5O2S. The van der Waals surface area contributed by atoms with Gasteiger partial charge in [-0.15, -0.1) is 35.3 Å². The first kappa shape index (κ1) is 22.2. The Morgan fingerprint density at radius 1 is 1.26 bits per heavy atom. The van der Waals surface area contributed by atoms with Crippen molar-refractivity contribution in [3.05, 3.63) is 21.9 Å². The van der Waals surface area contributed by atoms with Crippen molar-refractivity contribution in [1.29, 1.82) is 0 Å². The first-order valence-corrected chi connectivity index (χ1v) is 10.2. The quantitative estimate of drug-likeness (QED) is 0.384. The molecular weight excluding hydrogens is 477 g/mol. The van der Waals surface area contributed by atoms with Crippen molar-refractivity contribution in [3.63, 3.8) is 0 Å². The summed E-state index contributed by atoms with van der Waals surface area (Å²) in [7, 11) is 1.82. The number of fused-ring (bicyclic) bond motifs is 1. The standard InChI is InChI=1S/C18H29N5O2S.HI/c1-3-25-18(24)23-11-9-22(10-12-23)17(19-2)20-6-8-21-7-4-16-15(14-21)5-13-26-16;/h5,13H,3-4,6-12,14H2,1-2H3,(H,19,20);1H. The largest absolute Gasteiger partial charge is 0.450 e. The zero-order valence-electron chi connectivity index (χ0n) is 16.1. The summed E-state index contributed by atoms with van der Waals surface area (Å²) in [5.41, 5.74) is 1.49. The first-order chi connectivity index (χ1) is 12.7. The molecule has 3 heterocycles. The third kappa shape index (κ3) is 5.95. The molecule has 2 aliphatic heterocycles. The second-order valence-electron chi connectivity index (χ2n) is 6.54. The lowest BCUT2D eigenvalue weighted by Crippen LogP contribution is -2.54. The van der Waals surface area contributed by atoms with Crippen molar-refractivity contribution in [2.75, 3.05) is 59.5 Å². The lowest BCUT2D eigenvalue weighted by atomic mass is 10.1. The number of thiophene rings is 1. The fraction of sp³-hybridized carbons (Fsp3) is 0.667. The van der Waals surface area contributed by atoms with E-state index in [0.717, 1.165) is 51.6 Å². The van der Waals surface area contributed by atoms with Crippen LogP contribution in [0.1, 0.15) is 17.4 Å². The van der Waals surface area contributed by atoms with Crippen molar-refractivity contribution in [1.82, 2.24) is 20.0 Å². The highest BCUT2D eigenvalue weighted by atomic mass is 127. The van der Waals surface area contributed by atoms with Crippen LogP contribution < -0.4 is 5.32 Å². The Labute approximate surface area is 182 Å². The monoisotopic (exact) mass is 507 g/mol. The first-order valence-electron chi connectivity index (χ1n) is 9.36. The second kappa shape index (κ2) is 11.1. The van der Waals surface area contributed by atoms with E-state index in [2.05, 4.69) is 31.6 Å². The second-order valence-corrected chi connectivity index (χ2v) is 7.54. The summed E-state index contributed by atoms with van der Waals surface area (Å²) in [6.45, 7) is 9.23. The Bertz CT molecular complexity index is 631. The molecule has 0 radical (unpaired) electrons. The summed E-state index contributed by atoms with van der Waals surface area (Å²) in [4.78, 5) is 24.2. The van der Waals surface area contributed by atoms with Crippen LogP contribution in [0.4, 0.5) is 4.79 Å². The molecule has 1 saturated heterocycles. The number of piperazine rings is 1. The van der Waals surface area contributed by atoms with E-state index in [1.54, 1.807) is 9.78 Å². The van der Waals surface area contributed by atoms with Crippen LogP contribution in [-0.2, 0) is 17.7 Å². The molecule has 27 heavy (non-hydrogen) atoms. The number of guanidine groups is 1. The predicted octanol–water partition coefficient (Wildman–Crippen LogP) is 2.07. The summed E-state index contributed by atoms with van der Waals surface area (Å²) in [6, 6.07) is 2.25. The van der Waals surface area contributed by atoms with Gasteiger partial charge in [0.25, 0.3) is 0 Å². The molecule has 0 spiro atoms. The summed E-state index contributed by atoms with van der Waals surface area (Å²) >= 11 is 1.88. The fourth-order valence-corrected chi connectivity index (χ4v) is 4.36. The maximum Gasteiger partial charge on any atom is 0.409 e. The van der Waals surface area contributed by atoms with Gasteiger partial charge in [-0.1, -0.05) is 0 Å². The normalized spacial score (nSPS) is 17.9. The van der Waals surface area contributed by atoms with Crippen LogP contribution in [0.5, 0.6) is 0 Å². The van der Waals surface area contributed by atoms with E-state index in [9.17, 15) is 4.79 Å².